The van der Waals surface area contributed by atoms with Crippen molar-refractivity contribution in [2.24, 2.45) is 0 Å². The van der Waals surface area contributed by atoms with E-state index in [9.17, 15) is 9.59 Å². The van der Waals surface area contributed by atoms with Gasteiger partial charge in [0.05, 0.1) is 18.4 Å². The smallest absolute Gasteiger partial charge is 0.340 e. The number of hydrogen-bond acceptors (Lipinski definition) is 6. The number of rotatable bonds is 3. The van der Waals surface area contributed by atoms with E-state index in [1.807, 2.05) is 0 Å². The van der Waals surface area contributed by atoms with Crippen LogP contribution < -0.4 is 11.1 Å². The monoisotopic (exact) mass is 433 g/mol. The molecule has 1 amide bonds. The summed E-state index contributed by atoms with van der Waals surface area (Å²) < 4.78 is 5.92. The lowest BCUT2D eigenvalue weighted by atomic mass is 10.1. The molecule has 1 aromatic heterocycles. The number of nitrogens with two attached hydrogens (primary N) is 1. The standard InChI is InChI=1S/C12H9Br2N3O3S/c1-20-11(19)6-2-5(13)3-7(14)9(6)17-10(18)8-4-21-12(15)16-8/h2-4H,1H3,(H2,15,16)(H,17,18). The Labute approximate surface area is 141 Å². The number of aromatic nitrogens is 1. The molecule has 0 aliphatic carbocycles. The minimum Gasteiger partial charge on any atom is -0.465 e. The summed E-state index contributed by atoms with van der Waals surface area (Å²) in [6.45, 7) is 0. The van der Waals surface area contributed by atoms with Gasteiger partial charge in [0, 0.05) is 14.3 Å². The summed E-state index contributed by atoms with van der Waals surface area (Å²) in [5.74, 6) is -1.03. The summed E-state index contributed by atoms with van der Waals surface area (Å²) >= 11 is 7.75. The van der Waals surface area contributed by atoms with Gasteiger partial charge in [0.1, 0.15) is 5.69 Å². The molecule has 0 aliphatic rings. The number of nitrogen functional groups attached to an aromatic ring is 1. The number of ether oxygens (including phenoxy) is 1. The lowest BCUT2D eigenvalue weighted by Gasteiger charge is -2.11. The Kier molecular flexibility index (Phi) is 4.96. The molecule has 2 aromatic rings. The third kappa shape index (κ3) is 3.60. The normalized spacial score (nSPS) is 10.2. The van der Waals surface area contributed by atoms with Crippen LogP contribution in [-0.2, 0) is 4.74 Å². The molecule has 9 heteroatoms. The molecule has 0 saturated carbocycles. The highest BCUT2D eigenvalue weighted by Crippen LogP contribution is 2.31. The fourth-order valence-corrected chi connectivity index (χ4v) is 3.41. The molecule has 1 aromatic carbocycles. The van der Waals surface area contributed by atoms with Crippen LogP contribution in [0.15, 0.2) is 26.5 Å². The van der Waals surface area contributed by atoms with Crippen LogP contribution in [0.3, 0.4) is 0 Å². The number of hydrogen-bond donors (Lipinski definition) is 2. The average molecular weight is 435 g/mol. The predicted molar refractivity (Wildman–Crippen MR) is 87.7 cm³/mol. The van der Waals surface area contributed by atoms with Gasteiger partial charge in [0.2, 0.25) is 0 Å². The number of methoxy groups -OCH3 is 1. The molecule has 0 radical (unpaired) electrons. The molecule has 110 valence electrons. The molecular formula is C12H9Br2N3O3S. The molecule has 2 rings (SSSR count). The lowest BCUT2D eigenvalue weighted by Crippen LogP contribution is -2.16. The lowest BCUT2D eigenvalue weighted by molar-refractivity contribution is 0.0602. The van der Waals surface area contributed by atoms with Gasteiger partial charge in [-0.25, -0.2) is 9.78 Å². The second-order valence-electron chi connectivity index (χ2n) is 3.83. The SMILES string of the molecule is COC(=O)c1cc(Br)cc(Br)c1NC(=O)c1csc(N)n1. The number of amides is 1. The third-order valence-electron chi connectivity index (χ3n) is 2.45. The first-order valence-corrected chi connectivity index (χ1v) is 7.98. The number of carbonyl (C=O) groups excluding carboxylic acids is 2. The fraction of sp³-hybridized carbons (Fsp3) is 0.0833. The van der Waals surface area contributed by atoms with Crippen molar-refractivity contribution in [2.45, 2.75) is 0 Å². The Morgan fingerprint density at radius 2 is 2.10 bits per heavy atom. The number of nitrogens with zero attached hydrogens (tertiary/aromatic N) is 1. The second-order valence-corrected chi connectivity index (χ2v) is 6.49. The van der Waals surface area contributed by atoms with Crippen LogP contribution in [0.25, 0.3) is 0 Å². The zero-order valence-corrected chi connectivity index (χ0v) is 14.6. The van der Waals surface area contributed by atoms with Gasteiger partial charge in [-0.1, -0.05) is 15.9 Å². The minimum atomic E-state index is -0.565. The van der Waals surface area contributed by atoms with E-state index in [-0.39, 0.29) is 11.3 Å². The zero-order valence-electron chi connectivity index (χ0n) is 10.6. The number of benzene rings is 1. The molecule has 0 bridgehead atoms. The summed E-state index contributed by atoms with van der Waals surface area (Å²) in [7, 11) is 1.27. The van der Waals surface area contributed by atoms with Crippen LogP contribution >= 0.6 is 43.2 Å². The van der Waals surface area contributed by atoms with Crippen LogP contribution in [-0.4, -0.2) is 24.0 Å². The average Bonchev–Trinajstić information content (AvgIpc) is 2.87. The van der Waals surface area contributed by atoms with Crippen molar-refractivity contribution in [2.75, 3.05) is 18.2 Å². The highest BCUT2D eigenvalue weighted by molar-refractivity contribution is 9.11. The van der Waals surface area contributed by atoms with E-state index < -0.39 is 11.9 Å². The van der Waals surface area contributed by atoms with E-state index >= 15 is 0 Å². The fourth-order valence-electron chi connectivity index (χ4n) is 1.54. The van der Waals surface area contributed by atoms with E-state index in [0.29, 0.717) is 19.8 Å². The number of anilines is 2. The van der Waals surface area contributed by atoms with Crippen LogP contribution in [0.2, 0.25) is 0 Å². The van der Waals surface area contributed by atoms with Crippen LogP contribution in [0.4, 0.5) is 10.8 Å². The Morgan fingerprint density at radius 3 is 2.67 bits per heavy atom. The van der Waals surface area contributed by atoms with Crippen LogP contribution in [0, 0.1) is 0 Å². The Balaban J connectivity index is 2.39. The minimum absolute atomic E-state index is 0.183. The molecule has 6 nitrogen and oxygen atoms in total. The van der Waals surface area contributed by atoms with Gasteiger partial charge in [0.15, 0.2) is 5.13 Å². The van der Waals surface area contributed by atoms with Gasteiger partial charge < -0.3 is 15.8 Å². The number of esters is 1. The van der Waals surface area contributed by atoms with Gasteiger partial charge >= 0.3 is 5.97 Å². The van der Waals surface area contributed by atoms with E-state index in [1.54, 1.807) is 12.1 Å². The quantitative estimate of drug-likeness (QED) is 0.722. The Morgan fingerprint density at radius 1 is 1.38 bits per heavy atom. The largest absolute Gasteiger partial charge is 0.465 e. The van der Waals surface area contributed by atoms with Crippen molar-refractivity contribution in [3.8, 4) is 0 Å². The molecule has 0 unspecified atom stereocenters. The molecule has 0 spiro atoms. The topological polar surface area (TPSA) is 94.3 Å². The number of nitrogens with one attached hydrogen (secondary N) is 1. The highest BCUT2D eigenvalue weighted by atomic mass is 79.9. The maximum atomic E-state index is 12.1. The highest BCUT2D eigenvalue weighted by Gasteiger charge is 2.19. The summed E-state index contributed by atoms with van der Waals surface area (Å²) in [5, 5.41) is 4.46. The third-order valence-corrected chi connectivity index (χ3v) is 4.21. The van der Waals surface area contributed by atoms with Gasteiger partial charge in [-0.05, 0) is 28.1 Å². The first-order chi connectivity index (χ1) is 9.92. The maximum Gasteiger partial charge on any atom is 0.340 e. The van der Waals surface area contributed by atoms with E-state index in [1.165, 1.54) is 12.5 Å². The molecule has 0 aliphatic heterocycles. The van der Waals surface area contributed by atoms with Crippen molar-refractivity contribution in [1.29, 1.82) is 0 Å². The zero-order chi connectivity index (χ0) is 15.6. The van der Waals surface area contributed by atoms with Gasteiger partial charge in [0.25, 0.3) is 5.91 Å². The molecule has 0 saturated heterocycles. The van der Waals surface area contributed by atoms with Crippen molar-refractivity contribution >= 4 is 65.9 Å². The predicted octanol–water partition coefficient (Wildman–Crippen LogP) is 3.29. The number of carbonyl (C=O) groups is 2. The van der Waals surface area contributed by atoms with Crippen molar-refractivity contribution < 1.29 is 14.3 Å². The van der Waals surface area contributed by atoms with E-state index in [4.69, 9.17) is 10.5 Å². The second kappa shape index (κ2) is 6.54. The molecule has 0 fully saturated rings. The van der Waals surface area contributed by atoms with Crippen molar-refractivity contribution in [3.05, 3.63) is 37.7 Å². The van der Waals surface area contributed by atoms with Crippen molar-refractivity contribution in [3.63, 3.8) is 0 Å². The molecule has 1 heterocycles. The number of thiazole rings is 1. The first-order valence-electron chi connectivity index (χ1n) is 5.52. The van der Waals surface area contributed by atoms with Gasteiger partial charge in [-0.15, -0.1) is 11.3 Å². The Hall–Kier alpha value is -1.45. The molecule has 0 atom stereocenters. The molecule has 21 heavy (non-hydrogen) atoms. The Bertz CT molecular complexity index is 718. The van der Waals surface area contributed by atoms with Gasteiger partial charge in [-0.2, -0.15) is 0 Å². The summed E-state index contributed by atoms with van der Waals surface area (Å²) in [6.07, 6.45) is 0. The number of halogens is 2. The molecular weight excluding hydrogens is 426 g/mol. The van der Waals surface area contributed by atoms with E-state index in [0.717, 1.165) is 11.3 Å². The summed E-state index contributed by atoms with van der Waals surface area (Å²) in [4.78, 5) is 27.8. The van der Waals surface area contributed by atoms with Crippen LogP contribution in [0.1, 0.15) is 20.8 Å². The maximum absolute atomic E-state index is 12.1. The summed E-state index contributed by atoms with van der Waals surface area (Å²) in [5.41, 5.74) is 6.21. The summed E-state index contributed by atoms with van der Waals surface area (Å²) in [6, 6.07) is 3.26. The first kappa shape index (κ1) is 15.9. The van der Waals surface area contributed by atoms with Gasteiger partial charge in [-0.3, -0.25) is 4.79 Å². The molecule has 3 N–H and O–H groups in total. The van der Waals surface area contributed by atoms with Crippen LogP contribution in [0.5, 0.6) is 0 Å². The van der Waals surface area contributed by atoms with E-state index in [2.05, 4.69) is 42.2 Å². The van der Waals surface area contributed by atoms with Crippen molar-refractivity contribution in [1.82, 2.24) is 4.98 Å².